The lowest BCUT2D eigenvalue weighted by atomic mass is 9.49. The Labute approximate surface area is 429 Å². The summed E-state index contributed by atoms with van der Waals surface area (Å²) in [5, 5.41) is 2.57. The fourth-order valence-corrected chi connectivity index (χ4v) is 13.9. The first-order valence-electron chi connectivity index (χ1n) is 26.2. The highest BCUT2D eigenvalue weighted by Crippen LogP contribution is 2.67. The van der Waals surface area contributed by atoms with Crippen LogP contribution in [-0.4, -0.2) is 4.57 Å². The van der Waals surface area contributed by atoms with Crippen LogP contribution >= 0.6 is 0 Å². The summed E-state index contributed by atoms with van der Waals surface area (Å²) in [7, 11) is 0. The third-order valence-corrected chi connectivity index (χ3v) is 16.9. The van der Waals surface area contributed by atoms with E-state index < -0.39 is 5.41 Å². The molecule has 1 aromatic heterocycles. The molecule has 0 saturated carbocycles. The molecule has 0 aliphatic heterocycles. The van der Waals surface area contributed by atoms with Gasteiger partial charge in [-0.25, -0.2) is 0 Å². The molecule has 0 N–H and O–H groups in total. The van der Waals surface area contributed by atoms with Crippen molar-refractivity contribution in [3.05, 3.63) is 328 Å². The Morgan fingerprint density at radius 1 is 0.534 bits per heavy atom. The highest BCUT2D eigenvalue weighted by molar-refractivity contribution is 6.09. The summed E-state index contributed by atoms with van der Waals surface area (Å²) < 4.78 is 2.56. The quantitative estimate of drug-likeness (QED) is 0.127. The molecule has 1 heteroatoms. The third kappa shape index (κ3) is 6.61. The van der Waals surface area contributed by atoms with Gasteiger partial charge in [0, 0.05) is 27.7 Å². The van der Waals surface area contributed by atoms with Gasteiger partial charge in [-0.05, 0) is 120 Å². The van der Waals surface area contributed by atoms with Gasteiger partial charge < -0.3 is 4.57 Å². The number of hydrogen-bond donors (Lipinski definition) is 0. The van der Waals surface area contributed by atoms with E-state index in [9.17, 15) is 0 Å². The summed E-state index contributed by atoms with van der Waals surface area (Å²) in [5.41, 5.74) is 21.3. The predicted molar refractivity (Wildman–Crippen MR) is 306 cm³/mol. The van der Waals surface area contributed by atoms with Gasteiger partial charge in [-0.15, -0.1) is 0 Å². The van der Waals surface area contributed by atoms with Crippen LogP contribution in [0.4, 0.5) is 0 Å². The summed E-state index contributed by atoms with van der Waals surface area (Å²) in [6.07, 6.45) is 20.8. The number of allylic oxidation sites excluding steroid dienone is 9. The lowest BCUT2D eigenvalue weighted by Gasteiger charge is -2.52. The number of nitrogens with zero attached hydrogens (tertiary/aromatic N) is 1. The SMILES string of the molecule is CC1C=CC=CC1C12c3ccccc3-c3cccc(c31)C(c1ccccc1)(c1cccc(/C=C(/Cc3ccccc3)c3ccc4c(c3)c3ccccc3n4C3C=CC(c4ccccc4)=CC3)c1)c1ccccc12. The van der Waals surface area contributed by atoms with Gasteiger partial charge in [0.1, 0.15) is 0 Å². The molecule has 9 aromatic carbocycles. The molecule has 0 amide bonds. The smallest absolute Gasteiger partial charge is 0.0708 e. The zero-order valence-electron chi connectivity index (χ0n) is 41.1. The Bertz CT molecular complexity index is 3940. The lowest BCUT2D eigenvalue weighted by molar-refractivity contribution is 0.359. The van der Waals surface area contributed by atoms with E-state index in [1.54, 1.807) is 0 Å². The fourth-order valence-electron chi connectivity index (χ4n) is 13.9. The van der Waals surface area contributed by atoms with E-state index in [4.69, 9.17) is 0 Å². The van der Waals surface area contributed by atoms with Crippen molar-refractivity contribution < 1.29 is 0 Å². The van der Waals surface area contributed by atoms with Gasteiger partial charge in [-0.3, -0.25) is 0 Å². The molecule has 10 aromatic rings. The first-order chi connectivity index (χ1) is 36.1. The first kappa shape index (κ1) is 43.3. The Balaban J connectivity index is 0.957. The molecule has 4 aliphatic rings. The van der Waals surface area contributed by atoms with Gasteiger partial charge in [0.05, 0.1) is 16.9 Å². The first-order valence-corrected chi connectivity index (χ1v) is 26.2. The van der Waals surface area contributed by atoms with Crippen molar-refractivity contribution in [1.29, 1.82) is 0 Å². The van der Waals surface area contributed by atoms with E-state index >= 15 is 0 Å². The molecule has 0 saturated heterocycles. The van der Waals surface area contributed by atoms with Gasteiger partial charge >= 0.3 is 0 Å². The molecule has 5 atom stereocenters. The second-order valence-electron chi connectivity index (χ2n) is 20.7. The van der Waals surface area contributed by atoms with Crippen LogP contribution in [-0.2, 0) is 17.3 Å². The molecule has 14 rings (SSSR count). The topological polar surface area (TPSA) is 4.93 Å². The van der Waals surface area contributed by atoms with Crippen LogP contribution in [0, 0.1) is 11.8 Å². The molecule has 348 valence electrons. The number of rotatable bonds is 9. The van der Waals surface area contributed by atoms with Crippen LogP contribution in [0.3, 0.4) is 0 Å². The van der Waals surface area contributed by atoms with Gasteiger partial charge in [-0.2, -0.15) is 0 Å². The molecule has 0 fully saturated rings. The highest BCUT2D eigenvalue weighted by Gasteiger charge is 2.59. The summed E-state index contributed by atoms with van der Waals surface area (Å²) >= 11 is 0. The van der Waals surface area contributed by atoms with E-state index in [-0.39, 0.29) is 17.4 Å². The molecule has 1 heterocycles. The second kappa shape index (κ2) is 17.4. The third-order valence-electron chi connectivity index (χ3n) is 16.9. The molecular formula is C72H55N. The molecule has 0 bridgehead atoms. The molecule has 4 aliphatic carbocycles. The van der Waals surface area contributed by atoms with E-state index in [2.05, 4.69) is 285 Å². The number of benzene rings is 9. The minimum Gasteiger partial charge on any atom is -0.333 e. The van der Waals surface area contributed by atoms with Crippen molar-refractivity contribution in [1.82, 2.24) is 4.57 Å². The maximum Gasteiger partial charge on any atom is 0.0708 e. The van der Waals surface area contributed by atoms with Crippen LogP contribution in [0.15, 0.2) is 267 Å². The largest absolute Gasteiger partial charge is 0.333 e. The Morgan fingerprint density at radius 3 is 2.00 bits per heavy atom. The molecule has 0 radical (unpaired) electrons. The van der Waals surface area contributed by atoms with E-state index in [1.165, 1.54) is 105 Å². The van der Waals surface area contributed by atoms with Crippen LogP contribution in [0.25, 0.3) is 50.2 Å². The van der Waals surface area contributed by atoms with E-state index in [1.807, 2.05) is 0 Å². The number of hydrogen-bond acceptors (Lipinski definition) is 0. The van der Waals surface area contributed by atoms with Gasteiger partial charge in [-0.1, -0.05) is 262 Å². The zero-order chi connectivity index (χ0) is 48.5. The van der Waals surface area contributed by atoms with Gasteiger partial charge in [0.2, 0.25) is 0 Å². The zero-order valence-corrected chi connectivity index (χ0v) is 41.1. The molecule has 1 nitrogen and oxygen atoms in total. The average molecular weight is 934 g/mol. The summed E-state index contributed by atoms with van der Waals surface area (Å²) in [6, 6.07) is 85.0. The lowest BCUT2D eigenvalue weighted by Crippen LogP contribution is -2.48. The maximum absolute atomic E-state index is 2.56. The van der Waals surface area contributed by atoms with Crippen molar-refractivity contribution in [3.63, 3.8) is 0 Å². The van der Waals surface area contributed by atoms with Crippen molar-refractivity contribution in [2.75, 3.05) is 0 Å². The number of aromatic nitrogens is 1. The average Bonchev–Trinajstić information content (AvgIpc) is 3.95. The predicted octanol–water partition coefficient (Wildman–Crippen LogP) is 17.6. The van der Waals surface area contributed by atoms with Gasteiger partial charge in [0.25, 0.3) is 0 Å². The minimum absolute atomic E-state index is 0.217. The number of fused-ring (bicyclic) bond motifs is 8. The second-order valence-corrected chi connectivity index (χ2v) is 20.7. The standard InChI is InChI=1S/C72H55N/c1-49-21-11-14-33-63(49)72-64-34-15-12-30-59(64)61-32-20-37-67(70(61)72)71(56-27-9-4-10-28-56,65-35-16-17-36-66(65)72)57-29-19-24-51(47-57)46-55(45-50-22-5-2-6-23-50)54-41-44-69-62(48-54)60-31-13-18-38-68(60)73(69)58-42-39-53(40-43-58)52-25-7-3-8-26-52/h2-42,44,46-49,58,63H,43,45H2,1H3/b55-46-. The summed E-state index contributed by atoms with van der Waals surface area (Å²) in [6.45, 7) is 2.41. The molecule has 73 heavy (non-hydrogen) atoms. The van der Waals surface area contributed by atoms with Crippen molar-refractivity contribution in [2.24, 2.45) is 11.8 Å². The monoisotopic (exact) mass is 933 g/mol. The van der Waals surface area contributed by atoms with Gasteiger partial charge in [0.15, 0.2) is 0 Å². The van der Waals surface area contributed by atoms with Crippen LogP contribution in [0.5, 0.6) is 0 Å². The molecular weight excluding hydrogens is 879 g/mol. The Hall–Kier alpha value is -8.52. The molecule has 0 spiro atoms. The molecule has 5 unspecified atom stereocenters. The van der Waals surface area contributed by atoms with Crippen molar-refractivity contribution in [2.45, 2.75) is 36.6 Å². The highest BCUT2D eigenvalue weighted by atomic mass is 15.0. The fraction of sp³-hybridized carbons (Fsp3) is 0.111. The van der Waals surface area contributed by atoms with Crippen molar-refractivity contribution in [3.8, 4) is 11.1 Å². The maximum atomic E-state index is 2.56. The minimum atomic E-state index is -0.610. The van der Waals surface area contributed by atoms with E-state index in [0.29, 0.717) is 5.92 Å². The Kier molecular flexibility index (Phi) is 10.3. The van der Waals surface area contributed by atoms with Crippen LogP contribution in [0.2, 0.25) is 0 Å². The van der Waals surface area contributed by atoms with E-state index in [0.717, 1.165) is 12.8 Å². The van der Waals surface area contributed by atoms with Crippen LogP contribution in [0.1, 0.15) is 80.6 Å². The summed E-state index contributed by atoms with van der Waals surface area (Å²) in [5.74, 6) is 0.552. The van der Waals surface area contributed by atoms with Crippen LogP contribution < -0.4 is 0 Å². The normalized spacial score (nSPS) is 21.5. The van der Waals surface area contributed by atoms with Crippen molar-refractivity contribution >= 4 is 39.0 Å². The summed E-state index contributed by atoms with van der Waals surface area (Å²) in [4.78, 5) is 0. The Morgan fingerprint density at radius 2 is 1.19 bits per heavy atom. The number of para-hydroxylation sites is 1.